The standard InChI is InChI=1S/C27H35F3N8O3/c1-3-23-34-20(16-37(23)4-2)15-32-19-11-9-17(10-12-19)13-21-24(38(39)40)25(31)36-26(35-21)33-14-18-7-5-6-8-22(18)41-27(28,29)30/h5-8,16-17,19,32H,3-4,9-15H2,1-2H3,(H3,31,33,35,36). The normalized spacial score (nSPS) is 17.4. The summed E-state index contributed by atoms with van der Waals surface area (Å²) >= 11 is 0. The number of nitrogens with two attached hydrogens (primary N) is 1. The van der Waals surface area contributed by atoms with E-state index in [2.05, 4.69) is 49.9 Å². The molecule has 4 N–H and O–H groups in total. The number of aryl methyl sites for hydroxylation is 2. The highest BCUT2D eigenvalue weighted by Gasteiger charge is 2.32. The zero-order chi connectivity index (χ0) is 29.6. The molecule has 41 heavy (non-hydrogen) atoms. The van der Waals surface area contributed by atoms with Crippen molar-refractivity contribution in [3.8, 4) is 5.75 Å². The first kappa shape index (κ1) is 30.0. The van der Waals surface area contributed by atoms with Gasteiger partial charge in [0.25, 0.3) is 0 Å². The fraction of sp³-hybridized carbons (Fsp3) is 0.519. The lowest BCUT2D eigenvalue weighted by atomic mass is 9.83. The maximum atomic E-state index is 12.8. The van der Waals surface area contributed by atoms with Crippen LogP contribution in [0.2, 0.25) is 0 Å². The van der Waals surface area contributed by atoms with Crippen LogP contribution in [-0.4, -0.2) is 36.8 Å². The quantitative estimate of drug-likeness (QED) is 0.197. The second-order valence-corrected chi connectivity index (χ2v) is 10.1. The fourth-order valence-electron chi connectivity index (χ4n) is 5.24. The van der Waals surface area contributed by atoms with E-state index in [0.717, 1.165) is 50.2 Å². The van der Waals surface area contributed by atoms with Crippen LogP contribution in [0.1, 0.15) is 62.3 Å². The smallest absolute Gasteiger partial charge is 0.405 e. The monoisotopic (exact) mass is 576 g/mol. The Morgan fingerprint density at radius 1 is 1.12 bits per heavy atom. The first-order chi connectivity index (χ1) is 19.6. The second kappa shape index (κ2) is 13.1. The number of hydrogen-bond donors (Lipinski definition) is 3. The third-order valence-corrected chi connectivity index (χ3v) is 7.27. The molecule has 0 unspecified atom stereocenters. The molecule has 2 aromatic heterocycles. The minimum atomic E-state index is -4.84. The topological polar surface area (TPSA) is 146 Å². The van der Waals surface area contributed by atoms with E-state index in [1.54, 1.807) is 6.07 Å². The third-order valence-electron chi connectivity index (χ3n) is 7.27. The molecule has 2 heterocycles. The van der Waals surface area contributed by atoms with Crippen molar-refractivity contribution >= 4 is 17.5 Å². The number of hydrogen-bond acceptors (Lipinski definition) is 9. The fourth-order valence-corrected chi connectivity index (χ4v) is 5.24. The second-order valence-electron chi connectivity index (χ2n) is 10.1. The summed E-state index contributed by atoms with van der Waals surface area (Å²) in [6.07, 6.45) is 2.01. The van der Waals surface area contributed by atoms with Gasteiger partial charge in [0, 0.05) is 43.9 Å². The van der Waals surface area contributed by atoms with Gasteiger partial charge in [-0.1, -0.05) is 25.1 Å². The number of anilines is 2. The molecule has 1 saturated carbocycles. The summed E-state index contributed by atoms with van der Waals surface area (Å²) in [5.74, 6) is 0.582. The van der Waals surface area contributed by atoms with Gasteiger partial charge in [-0.25, -0.2) is 9.97 Å². The first-order valence-electron chi connectivity index (χ1n) is 13.7. The number of nitro groups is 1. The molecular formula is C27H35F3N8O3. The highest BCUT2D eigenvalue weighted by Crippen LogP contribution is 2.33. The van der Waals surface area contributed by atoms with Crippen molar-refractivity contribution in [3.63, 3.8) is 0 Å². The van der Waals surface area contributed by atoms with Crippen molar-refractivity contribution in [2.75, 3.05) is 11.1 Å². The van der Waals surface area contributed by atoms with E-state index < -0.39 is 11.3 Å². The van der Waals surface area contributed by atoms with Gasteiger partial charge in [-0.05, 0) is 51.0 Å². The maximum Gasteiger partial charge on any atom is 0.573 e. The molecule has 0 amide bonds. The minimum Gasteiger partial charge on any atom is -0.405 e. The van der Waals surface area contributed by atoms with E-state index in [4.69, 9.17) is 10.7 Å². The van der Waals surface area contributed by atoms with Crippen molar-refractivity contribution in [2.45, 2.75) is 84.4 Å². The van der Waals surface area contributed by atoms with Gasteiger partial charge in [-0.15, -0.1) is 13.2 Å². The summed E-state index contributed by atoms with van der Waals surface area (Å²) in [4.78, 5) is 24.2. The summed E-state index contributed by atoms with van der Waals surface area (Å²) in [7, 11) is 0. The summed E-state index contributed by atoms with van der Waals surface area (Å²) in [6, 6.07) is 5.99. The number of alkyl halides is 3. The molecule has 0 saturated heterocycles. The Hall–Kier alpha value is -3.94. The number of para-hydroxylation sites is 1. The zero-order valence-corrected chi connectivity index (χ0v) is 23.1. The highest BCUT2D eigenvalue weighted by atomic mass is 19.4. The van der Waals surface area contributed by atoms with Gasteiger partial charge in [0.1, 0.15) is 17.3 Å². The molecule has 0 atom stereocenters. The van der Waals surface area contributed by atoms with Crippen LogP contribution in [-0.2, 0) is 32.5 Å². The van der Waals surface area contributed by atoms with E-state index in [-0.39, 0.29) is 46.9 Å². The molecular weight excluding hydrogens is 541 g/mol. The van der Waals surface area contributed by atoms with E-state index in [0.29, 0.717) is 19.0 Å². The Labute approximate surface area is 235 Å². The predicted molar refractivity (Wildman–Crippen MR) is 147 cm³/mol. The van der Waals surface area contributed by atoms with Crippen LogP contribution in [0.5, 0.6) is 5.75 Å². The molecule has 1 aliphatic carbocycles. The molecule has 0 spiro atoms. The first-order valence-corrected chi connectivity index (χ1v) is 13.7. The Balaban J connectivity index is 1.38. The number of imidazole rings is 1. The van der Waals surface area contributed by atoms with Crippen molar-refractivity contribution in [2.24, 2.45) is 5.92 Å². The van der Waals surface area contributed by atoms with E-state index >= 15 is 0 Å². The Kier molecular flexibility index (Phi) is 9.63. The van der Waals surface area contributed by atoms with E-state index in [9.17, 15) is 23.3 Å². The Morgan fingerprint density at radius 2 is 1.85 bits per heavy atom. The molecule has 0 radical (unpaired) electrons. The number of aromatic nitrogens is 4. The highest BCUT2D eigenvalue weighted by molar-refractivity contribution is 5.58. The van der Waals surface area contributed by atoms with Crippen LogP contribution in [0.15, 0.2) is 30.5 Å². The van der Waals surface area contributed by atoms with E-state index in [1.807, 2.05) is 0 Å². The van der Waals surface area contributed by atoms with Gasteiger partial charge >= 0.3 is 12.0 Å². The molecule has 0 bridgehead atoms. The third kappa shape index (κ3) is 8.06. The van der Waals surface area contributed by atoms with Crippen LogP contribution in [0.25, 0.3) is 0 Å². The number of nitrogens with one attached hydrogen (secondary N) is 2. The van der Waals surface area contributed by atoms with Crippen molar-refractivity contribution in [3.05, 3.63) is 63.4 Å². The van der Waals surface area contributed by atoms with Crippen LogP contribution < -0.4 is 21.1 Å². The summed E-state index contributed by atoms with van der Waals surface area (Å²) < 4.78 is 44.5. The van der Waals surface area contributed by atoms with Gasteiger partial charge in [-0.3, -0.25) is 10.1 Å². The molecule has 14 heteroatoms. The molecule has 1 aromatic carbocycles. The van der Waals surface area contributed by atoms with Crippen molar-refractivity contribution in [1.29, 1.82) is 0 Å². The van der Waals surface area contributed by atoms with Gasteiger partial charge in [0.15, 0.2) is 0 Å². The molecule has 1 fully saturated rings. The average molecular weight is 577 g/mol. The summed E-state index contributed by atoms with van der Waals surface area (Å²) in [5.41, 5.74) is 7.04. The Bertz CT molecular complexity index is 1320. The van der Waals surface area contributed by atoms with Crippen LogP contribution in [0.4, 0.5) is 30.6 Å². The molecule has 222 valence electrons. The lowest BCUT2D eigenvalue weighted by Gasteiger charge is -2.29. The van der Waals surface area contributed by atoms with Crippen LogP contribution in [0, 0.1) is 16.0 Å². The van der Waals surface area contributed by atoms with Crippen molar-refractivity contribution < 1.29 is 22.8 Å². The largest absolute Gasteiger partial charge is 0.573 e. The number of nitrogen functional groups attached to an aromatic ring is 1. The minimum absolute atomic E-state index is 0.00164. The van der Waals surface area contributed by atoms with Gasteiger partial charge < -0.3 is 25.7 Å². The van der Waals surface area contributed by atoms with Crippen LogP contribution >= 0.6 is 0 Å². The number of rotatable bonds is 12. The number of benzene rings is 1. The molecule has 1 aliphatic rings. The van der Waals surface area contributed by atoms with Crippen molar-refractivity contribution in [1.82, 2.24) is 24.8 Å². The maximum absolute atomic E-state index is 12.8. The zero-order valence-electron chi connectivity index (χ0n) is 23.1. The average Bonchev–Trinajstić information content (AvgIpc) is 3.33. The number of halogens is 3. The van der Waals surface area contributed by atoms with Gasteiger partial charge in [-0.2, -0.15) is 4.98 Å². The van der Waals surface area contributed by atoms with Crippen LogP contribution in [0.3, 0.4) is 0 Å². The van der Waals surface area contributed by atoms with Gasteiger partial charge in [0.05, 0.1) is 10.6 Å². The summed E-state index contributed by atoms with van der Waals surface area (Å²) in [5, 5.41) is 18.2. The molecule has 11 nitrogen and oxygen atoms in total. The summed E-state index contributed by atoms with van der Waals surface area (Å²) in [6.45, 7) is 5.66. The molecule has 4 rings (SSSR count). The lowest BCUT2D eigenvalue weighted by Crippen LogP contribution is -2.33. The lowest BCUT2D eigenvalue weighted by molar-refractivity contribution is -0.385. The Morgan fingerprint density at radius 3 is 2.49 bits per heavy atom. The van der Waals surface area contributed by atoms with Gasteiger partial charge in [0.2, 0.25) is 11.8 Å². The molecule has 0 aliphatic heterocycles. The SMILES string of the molecule is CCc1nc(CNC2CCC(Cc3nc(NCc4ccccc4OC(F)(F)F)nc(N)c3[N+](=O)[O-])CC2)cn1CC. The number of ether oxygens (including phenoxy) is 1. The van der Waals surface area contributed by atoms with E-state index in [1.165, 1.54) is 18.2 Å². The molecule has 3 aromatic rings. The predicted octanol–water partition coefficient (Wildman–Crippen LogP) is 5.15. The number of nitrogens with zero attached hydrogens (tertiary/aromatic N) is 5.